The molecule has 4 nitrogen and oxygen atoms in total. The van der Waals surface area contributed by atoms with Crippen LogP contribution in [0.5, 0.6) is 11.5 Å². The van der Waals surface area contributed by atoms with Crippen LogP contribution in [0.3, 0.4) is 0 Å². The average molecular weight is 421 g/mol. The molecule has 0 radical (unpaired) electrons. The van der Waals surface area contributed by atoms with E-state index in [1.807, 2.05) is 85.2 Å². The zero-order chi connectivity index (χ0) is 22.2. The fraction of sp³-hybridized carbons (Fsp3) is 0.0714. The van der Waals surface area contributed by atoms with Gasteiger partial charge in [-0.05, 0) is 70.8 Å². The summed E-state index contributed by atoms with van der Waals surface area (Å²) in [4.78, 5) is 9.03. The molecule has 0 aliphatic rings. The summed E-state index contributed by atoms with van der Waals surface area (Å²) in [5.41, 5.74) is 6.00. The summed E-state index contributed by atoms with van der Waals surface area (Å²) in [5.74, 6) is 1.70. The van der Waals surface area contributed by atoms with E-state index >= 15 is 0 Å². The lowest BCUT2D eigenvalue weighted by Crippen LogP contribution is -1.89. The highest BCUT2D eigenvalue weighted by Crippen LogP contribution is 2.20. The third kappa shape index (κ3) is 5.49. The summed E-state index contributed by atoms with van der Waals surface area (Å²) in [7, 11) is 3.34. The van der Waals surface area contributed by atoms with Crippen molar-refractivity contribution in [3.05, 3.63) is 107 Å². The molecule has 0 spiro atoms. The Hall–Kier alpha value is -4.18. The predicted octanol–water partition coefficient (Wildman–Crippen LogP) is 6.50. The van der Waals surface area contributed by atoms with Crippen LogP contribution in [0.2, 0.25) is 0 Å². The van der Waals surface area contributed by atoms with Crippen LogP contribution < -0.4 is 9.47 Å². The molecule has 0 saturated carbocycles. The van der Waals surface area contributed by atoms with Crippen LogP contribution in [0.4, 0.5) is 0 Å². The van der Waals surface area contributed by atoms with Gasteiger partial charge in [-0.3, -0.25) is 9.97 Å². The maximum atomic E-state index is 5.21. The Morgan fingerprint density at radius 3 is 1.25 bits per heavy atom. The van der Waals surface area contributed by atoms with Crippen LogP contribution in [-0.2, 0) is 0 Å². The van der Waals surface area contributed by atoms with E-state index in [0.717, 1.165) is 45.1 Å². The first kappa shape index (κ1) is 21.1. The van der Waals surface area contributed by atoms with Crippen molar-refractivity contribution in [3.8, 4) is 22.9 Å². The minimum absolute atomic E-state index is 0.835. The number of pyridine rings is 2. The maximum absolute atomic E-state index is 5.21. The topological polar surface area (TPSA) is 44.2 Å². The van der Waals surface area contributed by atoms with Gasteiger partial charge < -0.3 is 9.47 Å². The van der Waals surface area contributed by atoms with Crippen LogP contribution in [0.25, 0.3) is 35.7 Å². The molecule has 0 fully saturated rings. The highest BCUT2D eigenvalue weighted by atomic mass is 16.5. The maximum Gasteiger partial charge on any atom is 0.118 e. The number of ether oxygens (including phenoxy) is 2. The number of hydrogen-bond donors (Lipinski definition) is 0. The monoisotopic (exact) mass is 420 g/mol. The van der Waals surface area contributed by atoms with E-state index in [4.69, 9.17) is 9.47 Å². The van der Waals surface area contributed by atoms with Gasteiger partial charge in [0.1, 0.15) is 11.5 Å². The van der Waals surface area contributed by atoms with E-state index in [2.05, 4.69) is 34.3 Å². The van der Waals surface area contributed by atoms with Gasteiger partial charge >= 0.3 is 0 Å². The van der Waals surface area contributed by atoms with Crippen molar-refractivity contribution in [1.82, 2.24) is 9.97 Å². The fourth-order valence-corrected chi connectivity index (χ4v) is 3.20. The Labute approximate surface area is 188 Å². The molecule has 158 valence electrons. The summed E-state index contributed by atoms with van der Waals surface area (Å²) in [5, 5.41) is 0. The number of methoxy groups -OCH3 is 2. The van der Waals surface area contributed by atoms with Crippen molar-refractivity contribution in [1.29, 1.82) is 0 Å². The molecule has 4 heteroatoms. The molecule has 0 atom stereocenters. The average Bonchev–Trinajstić information content (AvgIpc) is 2.87. The van der Waals surface area contributed by atoms with Gasteiger partial charge in [0.25, 0.3) is 0 Å². The zero-order valence-corrected chi connectivity index (χ0v) is 18.1. The number of hydrogen-bond acceptors (Lipinski definition) is 4. The van der Waals surface area contributed by atoms with Crippen molar-refractivity contribution in [2.75, 3.05) is 14.2 Å². The van der Waals surface area contributed by atoms with E-state index in [-0.39, 0.29) is 0 Å². The first-order chi connectivity index (χ1) is 15.7. The Balaban J connectivity index is 1.51. The van der Waals surface area contributed by atoms with Gasteiger partial charge in [0.15, 0.2) is 0 Å². The molecule has 0 bridgehead atoms. The highest BCUT2D eigenvalue weighted by Gasteiger charge is 2.02. The second-order valence-electron chi connectivity index (χ2n) is 7.16. The summed E-state index contributed by atoms with van der Waals surface area (Å²) in [6.07, 6.45) is 11.9. The SMILES string of the molecule is COc1ccc(/C=C/c2ccnc(-c3cc(/C=C/c4ccc(OC)cc4)ccn3)c2)cc1. The molecule has 2 heterocycles. The normalized spacial score (nSPS) is 11.2. The van der Waals surface area contributed by atoms with E-state index in [9.17, 15) is 0 Å². The molecule has 0 N–H and O–H groups in total. The lowest BCUT2D eigenvalue weighted by atomic mass is 10.1. The molecule has 0 unspecified atom stereocenters. The first-order valence-electron chi connectivity index (χ1n) is 10.3. The summed E-state index contributed by atoms with van der Waals surface area (Å²) >= 11 is 0. The van der Waals surface area contributed by atoms with E-state index in [0.29, 0.717) is 0 Å². The largest absolute Gasteiger partial charge is 0.497 e. The third-order valence-corrected chi connectivity index (χ3v) is 5.00. The van der Waals surface area contributed by atoms with Crippen LogP contribution >= 0.6 is 0 Å². The molecule has 4 aromatic rings. The quantitative estimate of drug-likeness (QED) is 0.342. The number of aromatic nitrogens is 2. The Morgan fingerprint density at radius 2 is 0.875 bits per heavy atom. The van der Waals surface area contributed by atoms with Crippen LogP contribution in [0.15, 0.2) is 85.2 Å². The second-order valence-corrected chi connectivity index (χ2v) is 7.16. The molecular weight excluding hydrogens is 396 g/mol. The Bertz CT molecular complexity index is 1130. The Morgan fingerprint density at radius 1 is 0.500 bits per heavy atom. The van der Waals surface area contributed by atoms with Gasteiger partial charge in [0, 0.05) is 12.4 Å². The van der Waals surface area contributed by atoms with Gasteiger partial charge in [-0.2, -0.15) is 0 Å². The summed E-state index contributed by atoms with van der Waals surface area (Å²) in [6.45, 7) is 0. The van der Waals surface area contributed by atoms with Crippen molar-refractivity contribution < 1.29 is 9.47 Å². The molecule has 2 aromatic carbocycles. The summed E-state index contributed by atoms with van der Waals surface area (Å²) < 4.78 is 10.4. The lowest BCUT2D eigenvalue weighted by Gasteiger charge is -2.03. The number of benzene rings is 2. The minimum atomic E-state index is 0.835. The standard InChI is InChI=1S/C28H24N2O2/c1-31-25-11-7-21(8-12-25)3-5-23-15-17-29-27(19-23)28-20-24(16-18-30-28)6-4-22-9-13-26(32-2)14-10-22/h3-20H,1-2H3/b5-3+,6-4+. The second kappa shape index (κ2) is 10.2. The number of nitrogens with zero attached hydrogens (tertiary/aromatic N) is 2. The molecule has 32 heavy (non-hydrogen) atoms. The van der Waals surface area contributed by atoms with Crippen LogP contribution in [0.1, 0.15) is 22.3 Å². The van der Waals surface area contributed by atoms with Gasteiger partial charge in [-0.15, -0.1) is 0 Å². The van der Waals surface area contributed by atoms with Crippen LogP contribution in [0, 0.1) is 0 Å². The predicted molar refractivity (Wildman–Crippen MR) is 131 cm³/mol. The smallest absolute Gasteiger partial charge is 0.118 e. The molecule has 2 aromatic heterocycles. The van der Waals surface area contributed by atoms with E-state index < -0.39 is 0 Å². The third-order valence-electron chi connectivity index (χ3n) is 5.00. The molecular formula is C28H24N2O2. The zero-order valence-electron chi connectivity index (χ0n) is 18.1. The van der Waals surface area contributed by atoms with Gasteiger partial charge in [0.05, 0.1) is 25.6 Å². The van der Waals surface area contributed by atoms with E-state index in [1.54, 1.807) is 14.2 Å². The van der Waals surface area contributed by atoms with Gasteiger partial charge in [-0.1, -0.05) is 48.6 Å². The Kier molecular flexibility index (Phi) is 6.73. The van der Waals surface area contributed by atoms with Crippen molar-refractivity contribution >= 4 is 24.3 Å². The minimum Gasteiger partial charge on any atom is -0.497 e. The molecule has 0 aliphatic carbocycles. The van der Waals surface area contributed by atoms with Gasteiger partial charge in [-0.25, -0.2) is 0 Å². The van der Waals surface area contributed by atoms with E-state index in [1.165, 1.54) is 0 Å². The van der Waals surface area contributed by atoms with Crippen LogP contribution in [-0.4, -0.2) is 24.2 Å². The van der Waals surface area contributed by atoms with Crippen molar-refractivity contribution in [2.45, 2.75) is 0 Å². The highest BCUT2D eigenvalue weighted by molar-refractivity contribution is 5.74. The molecule has 0 aliphatic heterocycles. The van der Waals surface area contributed by atoms with Crippen molar-refractivity contribution in [3.63, 3.8) is 0 Å². The fourth-order valence-electron chi connectivity index (χ4n) is 3.20. The summed E-state index contributed by atoms with van der Waals surface area (Å²) in [6, 6.07) is 24.0. The first-order valence-corrected chi connectivity index (χ1v) is 10.3. The number of rotatable bonds is 7. The van der Waals surface area contributed by atoms with Crippen molar-refractivity contribution in [2.24, 2.45) is 0 Å². The van der Waals surface area contributed by atoms with Gasteiger partial charge in [0.2, 0.25) is 0 Å². The molecule has 0 amide bonds. The molecule has 4 rings (SSSR count). The molecule has 0 saturated heterocycles. The lowest BCUT2D eigenvalue weighted by molar-refractivity contribution is 0.414.